The van der Waals surface area contributed by atoms with Gasteiger partial charge in [-0.3, -0.25) is 9.59 Å². The Morgan fingerprint density at radius 1 is 1.19 bits per heavy atom. The first kappa shape index (κ1) is 21.2. The first-order valence-corrected chi connectivity index (χ1v) is 10.6. The topological polar surface area (TPSA) is 112 Å². The van der Waals surface area contributed by atoms with Crippen LogP contribution in [0.2, 0.25) is 0 Å². The van der Waals surface area contributed by atoms with Gasteiger partial charge in [0.1, 0.15) is 0 Å². The standard InChI is InChI=1S/C24H23N5O3/c1-2-21(30)26-20-5-3-4-19(14-20)22-27-23(32-28-22)17-10-12-29(13-11-17)24(31)18-8-6-16(15-25)7-9-18/h3-9,14,17H,2,10-13H2,1H3,(H,26,30). The van der Waals surface area contributed by atoms with Crippen LogP contribution in [0.3, 0.4) is 0 Å². The molecule has 2 amide bonds. The smallest absolute Gasteiger partial charge is 0.253 e. The van der Waals surface area contributed by atoms with Crippen LogP contribution in [0.5, 0.6) is 0 Å². The molecule has 0 aliphatic carbocycles. The minimum atomic E-state index is -0.0572. The molecule has 8 nitrogen and oxygen atoms in total. The number of likely N-dealkylation sites (tertiary alicyclic amines) is 1. The summed E-state index contributed by atoms with van der Waals surface area (Å²) >= 11 is 0. The summed E-state index contributed by atoms with van der Waals surface area (Å²) in [6, 6.07) is 16.1. The number of nitrogens with one attached hydrogen (secondary N) is 1. The Morgan fingerprint density at radius 3 is 2.62 bits per heavy atom. The van der Waals surface area contributed by atoms with Crippen molar-refractivity contribution in [3.05, 3.63) is 65.5 Å². The molecule has 1 fully saturated rings. The highest BCUT2D eigenvalue weighted by Gasteiger charge is 2.28. The lowest BCUT2D eigenvalue weighted by Crippen LogP contribution is -2.38. The van der Waals surface area contributed by atoms with Crippen LogP contribution in [0.15, 0.2) is 53.1 Å². The van der Waals surface area contributed by atoms with Crippen LogP contribution in [-0.4, -0.2) is 39.9 Å². The Hall–Kier alpha value is -3.99. The van der Waals surface area contributed by atoms with Gasteiger partial charge in [0.25, 0.3) is 5.91 Å². The molecule has 8 heteroatoms. The van der Waals surface area contributed by atoms with Gasteiger partial charge < -0.3 is 14.7 Å². The first-order chi connectivity index (χ1) is 15.6. The molecule has 0 saturated carbocycles. The molecule has 1 saturated heterocycles. The van der Waals surface area contributed by atoms with E-state index in [9.17, 15) is 9.59 Å². The van der Waals surface area contributed by atoms with Crippen LogP contribution < -0.4 is 5.32 Å². The highest BCUT2D eigenvalue weighted by Crippen LogP contribution is 2.29. The Labute approximate surface area is 185 Å². The van der Waals surface area contributed by atoms with E-state index in [2.05, 4.69) is 21.5 Å². The fourth-order valence-electron chi connectivity index (χ4n) is 3.70. The van der Waals surface area contributed by atoms with E-state index in [0.29, 0.717) is 48.0 Å². The van der Waals surface area contributed by atoms with Gasteiger partial charge in [-0.15, -0.1) is 0 Å². The summed E-state index contributed by atoms with van der Waals surface area (Å²) in [4.78, 5) is 30.7. The van der Waals surface area contributed by atoms with Gasteiger partial charge >= 0.3 is 0 Å². The zero-order chi connectivity index (χ0) is 22.5. The van der Waals surface area contributed by atoms with Crippen LogP contribution in [0, 0.1) is 11.3 Å². The molecule has 2 aromatic carbocycles. The number of nitriles is 1. The second-order valence-electron chi connectivity index (χ2n) is 7.69. The quantitative estimate of drug-likeness (QED) is 0.657. The maximum atomic E-state index is 12.7. The van der Waals surface area contributed by atoms with Crippen molar-refractivity contribution in [3.63, 3.8) is 0 Å². The van der Waals surface area contributed by atoms with Gasteiger partial charge in [0.15, 0.2) is 0 Å². The number of carbonyl (C=O) groups is 2. The Morgan fingerprint density at radius 2 is 1.94 bits per heavy atom. The lowest BCUT2D eigenvalue weighted by atomic mass is 9.96. The molecule has 0 spiro atoms. The normalized spacial score (nSPS) is 14.1. The van der Waals surface area contributed by atoms with Gasteiger partial charge in [-0.2, -0.15) is 10.2 Å². The van der Waals surface area contributed by atoms with E-state index in [0.717, 1.165) is 18.4 Å². The van der Waals surface area contributed by atoms with E-state index >= 15 is 0 Å². The summed E-state index contributed by atoms with van der Waals surface area (Å²) in [5, 5.41) is 15.8. The molecule has 32 heavy (non-hydrogen) atoms. The lowest BCUT2D eigenvalue weighted by Gasteiger charge is -2.30. The third kappa shape index (κ3) is 4.67. The molecule has 4 rings (SSSR count). The number of rotatable bonds is 5. The van der Waals surface area contributed by atoms with E-state index < -0.39 is 0 Å². The van der Waals surface area contributed by atoms with Crippen molar-refractivity contribution in [1.82, 2.24) is 15.0 Å². The highest BCUT2D eigenvalue weighted by molar-refractivity contribution is 5.94. The maximum absolute atomic E-state index is 12.7. The Balaban J connectivity index is 1.39. The van der Waals surface area contributed by atoms with E-state index in [1.54, 1.807) is 31.2 Å². The molecule has 1 N–H and O–H groups in total. The summed E-state index contributed by atoms with van der Waals surface area (Å²) in [7, 11) is 0. The molecule has 162 valence electrons. The van der Waals surface area contributed by atoms with Crippen LogP contribution in [0.1, 0.15) is 53.9 Å². The molecule has 0 atom stereocenters. The van der Waals surface area contributed by atoms with E-state index in [1.807, 2.05) is 29.2 Å². The predicted molar refractivity (Wildman–Crippen MR) is 118 cm³/mol. The summed E-state index contributed by atoms with van der Waals surface area (Å²) in [6.07, 6.45) is 1.87. The number of hydrogen-bond acceptors (Lipinski definition) is 6. The number of hydrogen-bond donors (Lipinski definition) is 1. The number of anilines is 1. The van der Waals surface area contributed by atoms with E-state index in [1.165, 1.54) is 0 Å². The zero-order valence-electron chi connectivity index (χ0n) is 17.7. The van der Waals surface area contributed by atoms with E-state index in [4.69, 9.17) is 9.78 Å². The monoisotopic (exact) mass is 429 g/mol. The molecule has 0 unspecified atom stereocenters. The Bertz CT molecular complexity index is 1150. The van der Waals surface area contributed by atoms with Gasteiger partial charge in [-0.1, -0.05) is 24.2 Å². The van der Waals surface area contributed by atoms with Crippen LogP contribution in [0.4, 0.5) is 5.69 Å². The van der Waals surface area contributed by atoms with Crippen molar-refractivity contribution in [2.24, 2.45) is 0 Å². The van der Waals surface area contributed by atoms with Crippen molar-refractivity contribution in [2.45, 2.75) is 32.1 Å². The van der Waals surface area contributed by atoms with Gasteiger partial charge in [-0.05, 0) is 49.2 Å². The molecule has 1 aliphatic rings. The van der Waals surface area contributed by atoms with Crippen LogP contribution >= 0.6 is 0 Å². The molecule has 2 heterocycles. The highest BCUT2D eigenvalue weighted by atomic mass is 16.5. The number of carbonyl (C=O) groups excluding carboxylic acids is 2. The summed E-state index contributed by atoms with van der Waals surface area (Å²) in [5.41, 5.74) is 2.57. The van der Waals surface area contributed by atoms with E-state index in [-0.39, 0.29) is 17.7 Å². The molecule has 0 radical (unpaired) electrons. The van der Waals surface area contributed by atoms with Gasteiger partial charge in [0.2, 0.25) is 17.6 Å². The van der Waals surface area contributed by atoms with Gasteiger partial charge in [-0.25, -0.2) is 0 Å². The number of amides is 2. The van der Waals surface area contributed by atoms with Crippen LogP contribution in [-0.2, 0) is 4.79 Å². The van der Waals surface area contributed by atoms with Crippen molar-refractivity contribution in [2.75, 3.05) is 18.4 Å². The number of piperidine rings is 1. The van der Waals surface area contributed by atoms with Crippen molar-refractivity contribution >= 4 is 17.5 Å². The third-order valence-corrected chi connectivity index (χ3v) is 5.56. The predicted octanol–water partition coefficient (Wildman–Crippen LogP) is 3.98. The molecular weight excluding hydrogens is 406 g/mol. The fourth-order valence-corrected chi connectivity index (χ4v) is 3.70. The van der Waals surface area contributed by atoms with Crippen LogP contribution in [0.25, 0.3) is 11.4 Å². The third-order valence-electron chi connectivity index (χ3n) is 5.56. The first-order valence-electron chi connectivity index (χ1n) is 10.6. The molecule has 0 bridgehead atoms. The second-order valence-corrected chi connectivity index (χ2v) is 7.69. The van der Waals surface area contributed by atoms with Crippen molar-refractivity contribution in [3.8, 4) is 17.5 Å². The fraction of sp³-hybridized carbons (Fsp3) is 0.292. The minimum Gasteiger partial charge on any atom is -0.339 e. The minimum absolute atomic E-state index is 0.0369. The summed E-state index contributed by atoms with van der Waals surface area (Å²) in [5.74, 6) is 1.03. The maximum Gasteiger partial charge on any atom is 0.253 e. The Kier molecular flexibility index (Phi) is 6.26. The molecule has 3 aromatic rings. The number of nitrogens with zero attached hydrogens (tertiary/aromatic N) is 4. The summed E-state index contributed by atoms with van der Waals surface area (Å²) < 4.78 is 5.52. The second kappa shape index (κ2) is 9.43. The SMILES string of the molecule is CCC(=O)Nc1cccc(-c2noc(C3CCN(C(=O)c4ccc(C#N)cc4)CC3)n2)c1. The van der Waals surface area contributed by atoms with Crippen molar-refractivity contribution < 1.29 is 14.1 Å². The average Bonchev–Trinajstić information content (AvgIpc) is 3.34. The lowest BCUT2D eigenvalue weighted by molar-refractivity contribution is -0.115. The number of benzene rings is 2. The largest absolute Gasteiger partial charge is 0.339 e. The molecule has 1 aromatic heterocycles. The van der Waals surface area contributed by atoms with Crippen molar-refractivity contribution in [1.29, 1.82) is 5.26 Å². The van der Waals surface area contributed by atoms with Gasteiger partial charge in [0, 0.05) is 42.2 Å². The number of aromatic nitrogens is 2. The molecule has 1 aliphatic heterocycles. The van der Waals surface area contributed by atoms with Gasteiger partial charge in [0.05, 0.1) is 11.6 Å². The molecular formula is C24H23N5O3. The zero-order valence-corrected chi connectivity index (χ0v) is 17.7. The summed E-state index contributed by atoms with van der Waals surface area (Å²) in [6.45, 7) is 2.99. The average molecular weight is 429 g/mol.